The molecule has 2 heterocycles. The number of nitrogens with zero attached hydrogens (tertiary/aromatic N) is 4. The molecule has 0 saturated heterocycles. The molecule has 70 valence electrons. The molecule has 14 heavy (non-hydrogen) atoms. The zero-order valence-electron chi connectivity index (χ0n) is 7.03. The van der Waals surface area contributed by atoms with Crippen molar-refractivity contribution in [1.29, 1.82) is 0 Å². The smallest absolute Gasteiger partial charge is 0.354 e. The number of hydrogen-bond acceptors (Lipinski definition) is 4. The monoisotopic (exact) mass is 190 g/mol. The first kappa shape index (κ1) is 8.36. The zero-order valence-corrected chi connectivity index (χ0v) is 7.03. The highest BCUT2D eigenvalue weighted by Gasteiger charge is 2.11. The molecule has 2 aromatic heterocycles. The SMILES string of the molecule is O=C(O)c1cncn1-c1cnccn1. The van der Waals surface area contributed by atoms with E-state index in [2.05, 4.69) is 15.0 Å². The maximum Gasteiger partial charge on any atom is 0.354 e. The number of rotatable bonds is 2. The van der Waals surface area contributed by atoms with Crippen LogP contribution in [0.4, 0.5) is 0 Å². The molecule has 1 N–H and O–H groups in total. The minimum absolute atomic E-state index is 0.0606. The number of hydrogen-bond donors (Lipinski definition) is 1. The number of aromatic carboxylic acids is 1. The zero-order chi connectivity index (χ0) is 9.97. The number of carboxylic acid groups (broad SMARTS) is 1. The molecule has 6 heteroatoms. The number of carboxylic acids is 1. The van der Waals surface area contributed by atoms with Gasteiger partial charge in [-0.2, -0.15) is 0 Å². The lowest BCUT2D eigenvalue weighted by molar-refractivity contribution is 0.0688. The van der Waals surface area contributed by atoms with E-state index in [9.17, 15) is 4.79 Å². The van der Waals surface area contributed by atoms with E-state index in [4.69, 9.17) is 5.11 Å². The van der Waals surface area contributed by atoms with Gasteiger partial charge in [0, 0.05) is 12.4 Å². The first-order chi connectivity index (χ1) is 6.79. The van der Waals surface area contributed by atoms with Crippen LogP contribution in [-0.2, 0) is 0 Å². The highest BCUT2D eigenvalue weighted by Crippen LogP contribution is 2.06. The van der Waals surface area contributed by atoms with Crippen LogP contribution in [0.5, 0.6) is 0 Å². The Bertz CT molecular complexity index is 451. The van der Waals surface area contributed by atoms with Gasteiger partial charge in [0.1, 0.15) is 6.33 Å². The Morgan fingerprint density at radius 2 is 2.14 bits per heavy atom. The van der Waals surface area contributed by atoms with E-state index in [0.29, 0.717) is 5.82 Å². The average molecular weight is 190 g/mol. The fourth-order valence-corrected chi connectivity index (χ4v) is 1.05. The molecule has 0 aliphatic carbocycles. The van der Waals surface area contributed by atoms with Crippen LogP contribution in [0.25, 0.3) is 5.82 Å². The molecule has 0 saturated carbocycles. The predicted molar refractivity (Wildman–Crippen MR) is 46.1 cm³/mol. The number of aromatic nitrogens is 4. The number of imidazole rings is 1. The molecule has 6 nitrogen and oxygen atoms in total. The lowest BCUT2D eigenvalue weighted by Crippen LogP contribution is -2.06. The van der Waals surface area contributed by atoms with Crippen molar-refractivity contribution in [3.8, 4) is 5.82 Å². The van der Waals surface area contributed by atoms with Gasteiger partial charge in [-0.3, -0.25) is 9.55 Å². The van der Waals surface area contributed by atoms with E-state index >= 15 is 0 Å². The lowest BCUT2D eigenvalue weighted by Gasteiger charge is -2.01. The molecule has 0 atom stereocenters. The van der Waals surface area contributed by atoms with Crippen LogP contribution in [0.2, 0.25) is 0 Å². The van der Waals surface area contributed by atoms with Gasteiger partial charge in [-0.15, -0.1) is 0 Å². The summed E-state index contributed by atoms with van der Waals surface area (Å²) in [5.41, 5.74) is 0.0606. The summed E-state index contributed by atoms with van der Waals surface area (Å²) in [6.07, 6.45) is 7.11. The standard InChI is InChI=1S/C8H6N4O2/c13-8(14)6-3-10-5-12(6)7-4-9-1-2-11-7/h1-5H,(H,13,14). The highest BCUT2D eigenvalue weighted by molar-refractivity contribution is 5.86. The molecular weight excluding hydrogens is 184 g/mol. The summed E-state index contributed by atoms with van der Waals surface area (Å²) in [6.45, 7) is 0. The molecule has 0 fully saturated rings. The first-order valence-corrected chi connectivity index (χ1v) is 3.81. The number of carbonyl (C=O) groups is 1. The molecule has 0 aliphatic heterocycles. The van der Waals surface area contributed by atoms with Gasteiger partial charge in [-0.1, -0.05) is 0 Å². The summed E-state index contributed by atoms with van der Waals surface area (Å²) in [6, 6.07) is 0. The van der Waals surface area contributed by atoms with Gasteiger partial charge in [0.25, 0.3) is 0 Å². The van der Waals surface area contributed by atoms with Crippen LogP contribution in [0.1, 0.15) is 10.5 Å². The lowest BCUT2D eigenvalue weighted by atomic mass is 10.4. The molecule has 0 aromatic carbocycles. The van der Waals surface area contributed by atoms with Crippen molar-refractivity contribution in [2.45, 2.75) is 0 Å². The van der Waals surface area contributed by atoms with Crippen LogP contribution < -0.4 is 0 Å². The molecule has 0 unspecified atom stereocenters. The van der Waals surface area contributed by atoms with Crippen molar-refractivity contribution in [3.05, 3.63) is 36.8 Å². The minimum Gasteiger partial charge on any atom is -0.477 e. The summed E-state index contributed by atoms with van der Waals surface area (Å²) in [4.78, 5) is 22.3. The van der Waals surface area contributed by atoms with Crippen molar-refractivity contribution < 1.29 is 9.90 Å². The maximum atomic E-state index is 10.7. The Hall–Kier alpha value is -2.24. The van der Waals surface area contributed by atoms with Gasteiger partial charge >= 0.3 is 5.97 Å². The first-order valence-electron chi connectivity index (χ1n) is 3.81. The Morgan fingerprint density at radius 1 is 1.29 bits per heavy atom. The molecule has 0 radical (unpaired) electrons. The van der Waals surface area contributed by atoms with Crippen molar-refractivity contribution in [2.75, 3.05) is 0 Å². The van der Waals surface area contributed by atoms with E-state index in [1.165, 1.54) is 35.7 Å². The van der Waals surface area contributed by atoms with Crippen LogP contribution in [0.15, 0.2) is 31.1 Å². The topological polar surface area (TPSA) is 80.9 Å². The van der Waals surface area contributed by atoms with Gasteiger partial charge < -0.3 is 5.11 Å². The summed E-state index contributed by atoms with van der Waals surface area (Å²) in [5.74, 6) is -0.615. The summed E-state index contributed by atoms with van der Waals surface area (Å²) < 4.78 is 1.36. The van der Waals surface area contributed by atoms with Gasteiger partial charge in [-0.25, -0.2) is 14.8 Å². The van der Waals surface area contributed by atoms with Crippen LogP contribution in [0, 0.1) is 0 Å². The van der Waals surface area contributed by atoms with Crippen LogP contribution >= 0.6 is 0 Å². The van der Waals surface area contributed by atoms with Gasteiger partial charge in [-0.05, 0) is 0 Å². The van der Waals surface area contributed by atoms with Gasteiger partial charge in [0.05, 0.1) is 12.4 Å². The Labute approximate surface area is 78.9 Å². The summed E-state index contributed by atoms with van der Waals surface area (Å²) in [7, 11) is 0. The average Bonchev–Trinajstić information content (AvgIpc) is 2.67. The molecule has 0 amide bonds. The third kappa shape index (κ3) is 1.33. The molecule has 0 aliphatic rings. The quantitative estimate of drug-likeness (QED) is 0.739. The van der Waals surface area contributed by atoms with Crippen LogP contribution in [-0.4, -0.2) is 30.6 Å². The fourth-order valence-electron chi connectivity index (χ4n) is 1.05. The molecular formula is C8H6N4O2. The van der Waals surface area contributed by atoms with E-state index < -0.39 is 5.97 Å². The Kier molecular flexibility index (Phi) is 1.94. The van der Waals surface area contributed by atoms with E-state index in [0.717, 1.165) is 0 Å². The highest BCUT2D eigenvalue weighted by atomic mass is 16.4. The molecule has 0 bridgehead atoms. The normalized spacial score (nSPS) is 10.0. The summed E-state index contributed by atoms with van der Waals surface area (Å²) in [5, 5.41) is 8.81. The van der Waals surface area contributed by atoms with E-state index in [-0.39, 0.29) is 5.69 Å². The predicted octanol–water partition coefficient (Wildman–Crippen LogP) is 0.360. The second-order valence-electron chi connectivity index (χ2n) is 2.52. The van der Waals surface area contributed by atoms with Gasteiger partial charge in [0.2, 0.25) is 0 Å². The van der Waals surface area contributed by atoms with Crippen molar-refractivity contribution in [2.24, 2.45) is 0 Å². The van der Waals surface area contributed by atoms with Crippen molar-refractivity contribution in [1.82, 2.24) is 19.5 Å². The fraction of sp³-hybridized carbons (Fsp3) is 0. The second-order valence-corrected chi connectivity index (χ2v) is 2.52. The minimum atomic E-state index is -1.05. The van der Waals surface area contributed by atoms with Crippen molar-refractivity contribution in [3.63, 3.8) is 0 Å². The third-order valence-corrected chi connectivity index (χ3v) is 1.65. The Balaban J connectivity index is 2.52. The molecule has 2 rings (SSSR count). The molecule has 0 spiro atoms. The van der Waals surface area contributed by atoms with E-state index in [1.807, 2.05) is 0 Å². The van der Waals surface area contributed by atoms with Gasteiger partial charge in [0.15, 0.2) is 11.5 Å². The molecule has 2 aromatic rings. The van der Waals surface area contributed by atoms with Crippen molar-refractivity contribution >= 4 is 5.97 Å². The van der Waals surface area contributed by atoms with E-state index in [1.54, 1.807) is 0 Å². The second kappa shape index (κ2) is 3.25. The third-order valence-electron chi connectivity index (χ3n) is 1.65. The summed E-state index contributed by atoms with van der Waals surface area (Å²) >= 11 is 0. The van der Waals surface area contributed by atoms with Crippen LogP contribution in [0.3, 0.4) is 0 Å². The Morgan fingerprint density at radius 3 is 2.79 bits per heavy atom. The maximum absolute atomic E-state index is 10.7. The largest absolute Gasteiger partial charge is 0.477 e.